The fraction of sp³-hybridized carbons (Fsp3) is 0.0667. The zero-order chi connectivity index (χ0) is 10.8. The van der Waals surface area contributed by atoms with Gasteiger partial charge in [0.15, 0.2) is 0 Å². The largest absolute Gasteiger partial charge is 0.0984 e. The lowest BCUT2D eigenvalue weighted by Crippen LogP contribution is -1.81. The molecule has 0 aromatic heterocycles. The molecule has 0 amide bonds. The summed E-state index contributed by atoms with van der Waals surface area (Å²) < 4.78 is 0. The molecule has 0 heterocycles. The first-order chi connectivity index (χ1) is 7.33. The lowest BCUT2D eigenvalue weighted by atomic mass is 10.0. The third-order valence-corrected chi connectivity index (χ3v) is 2.78. The fourth-order valence-electron chi connectivity index (χ4n) is 2.14. The molecule has 74 valence electrons. The van der Waals surface area contributed by atoms with Crippen LogP contribution in [0.3, 0.4) is 0 Å². The van der Waals surface area contributed by atoms with Crippen molar-refractivity contribution in [2.24, 2.45) is 0 Å². The summed E-state index contributed by atoms with van der Waals surface area (Å²) in [7, 11) is 0. The number of hydrogen-bond donors (Lipinski definition) is 0. The van der Waals surface area contributed by atoms with Gasteiger partial charge in [-0.3, -0.25) is 0 Å². The highest BCUT2D eigenvalue weighted by atomic mass is 14.2. The summed E-state index contributed by atoms with van der Waals surface area (Å²) in [4.78, 5) is 0. The molecule has 15 heavy (non-hydrogen) atoms. The Morgan fingerprint density at radius 1 is 0.933 bits per heavy atom. The number of benzene rings is 1. The van der Waals surface area contributed by atoms with Crippen molar-refractivity contribution in [1.29, 1.82) is 0 Å². The number of fused-ring (bicyclic) bond motifs is 1. The highest BCUT2D eigenvalue weighted by molar-refractivity contribution is 6.04. The molecule has 2 rings (SSSR count). The molecule has 0 spiro atoms. The van der Waals surface area contributed by atoms with Crippen molar-refractivity contribution in [3.05, 3.63) is 72.4 Å². The molecule has 0 saturated carbocycles. The molecule has 0 heteroatoms. The summed E-state index contributed by atoms with van der Waals surface area (Å²) in [5, 5.41) is 0. The second-order valence-electron chi connectivity index (χ2n) is 3.48. The van der Waals surface area contributed by atoms with Crippen LogP contribution in [-0.2, 0) is 0 Å². The molecule has 0 aliphatic heterocycles. The minimum absolute atomic E-state index is 1.19. The van der Waals surface area contributed by atoms with E-state index in [0.717, 1.165) is 0 Å². The lowest BCUT2D eigenvalue weighted by Gasteiger charge is -2.01. The molecule has 0 saturated heterocycles. The molecule has 0 radical (unpaired) electrons. The van der Waals surface area contributed by atoms with Gasteiger partial charge in [0.1, 0.15) is 0 Å². The van der Waals surface area contributed by atoms with Gasteiger partial charge < -0.3 is 0 Å². The molecular weight excluding hydrogens is 180 g/mol. The van der Waals surface area contributed by atoms with E-state index in [1.54, 1.807) is 0 Å². The van der Waals surface area contributed by atoms with Crippen LogP contribution in [-0.4, -0.2) is 0 Å². The Bertz CT molecular complexity index is 485. The average Bonchev–Trinajstić information content (AvgIpc) is 2.61. The van der Waals surface area contributed by atoms with E-state index in [4.69, 9.17) is 0 Å². The minimum Gasteiger partial charge on any atom is -0.0984 e. The van der Waals surface area contributed by atoms with Crippen LogP contribution in [0.1, 0.15) is 18.1 Å². The third kappa shape index (κ3) is 1.30. The molecule has 1 aromatic rings. The summed E-state index contributed by atoms with van der Waals surface area (Å²) in [6.45, 7) is 9.81. The quantitative estimate of drug-likeness (QED) is 0.661. The van der Waals surface area contributed by atoms with E-state index in [9.17, 15) is 0 Å². The number of allylic oxidation sites excluding steroid dienone is 6. The lowest BCUT2D eigenvalue weighted by molar-refractivity contribution is 1.58. The predicted octanol–water partition coefficient (Wildman–Crippen LogP) is 4.23. The first kappa shape index (κ1) is 9.72. The Hall–Kier alpha value is -1.82. The van der Waals surface area contributed by atoms with Gasteiger partial charge in [-0.2, -0.15) is 0 Å². The van der Waals surface area contributed by atoms with Crippen LogP contribution in [0.25, 0.3) is 11.1 Å². The van der Waals surface area contributed by atoms with Crippen LogP contribution in [0.15, 0.2) is 61.2 Å². The molecule has 0 atom stereocenters. The summed E-state index contributed by atoms with van der Waals surface area (Å²) in [5.41, 5.74) is 6.18. The summed E-state index contributed by atoms with van der Waals surface area (Å²) in [6, 6.07) is 8.40. The van der Waals surface area contributed by atoms with E-state index in [1.807, 2.05) is 12.2 Å². The molecule has 0 fully saturated rings. The normalized spacial score (nSPS) is 16.7. The monoisotopic (exact) mass is 194 g/mol. The van der Waals surface area contributed by atoms with E-state index >= 15 is 0 Å². The first-order valence-electron chi connectivity index (χ1n) is 5.09. The van der Waals surface area contributed by atoms with Crippen molar-refractivity contribution in [3.63, 3.8) is 0 Å². The van der Waals surface area contributed by atoms with Gasteiger partial charge >= 0.3 is 0 Å². The van der Waals surface area contributed by atoms with E-state index < -0.39 is 0 Å². The van der Waals surface area contributed by atoms with Crippen molar-refractivity contribution >= 4 is 11.1 Å². The molecule has 0 N–H and O–H groups in total. The number of hydrogen-bond acceptors (Lipinski definition) is 0. The van der Waals surface area contributed by atoms with Crippen LogP contribution in [0.2, 0.25) is 0 Å². The summed E-state index contributed by atoms with van der Waals surface area (Å²) >= 11 is 0. The molecule has 1 aliphatic rings. The van der Waals surface area contributed by atoms with Gasteiger partial charge in [-0.05, 0) is 34.8 Å². The number of rotatable bonds is 2. The van der Waals surface area contributed by atoms with Crippen molar-refractivity contribution in [3.8, 4) is 0 Å². The van der Waals surface area contributed by atoms with Crippen LogP contribution in [0.4, 0.5) is 0 Å². The smallest absolute Gasteiger partial charge is 0.00993 e. The van der Waals surface area contributed by atoms with E-state index in [0.29, 0.717) is 0 Å². The zero-order valence-corrected chi connectivity index (χ0v) is 8.96. The highest BCUT2D eigenvalue weighted by Crippen LogP contribution is 2.41. The van der Waals surface area contributed by atoms with Crippen molar-refractivity contribution < 1.29 is 0 Å². The van der Waals surface area contributed by atoms with Crippen molar-refractivity contribution in [2.75, 3.05) is 0 Å². The Morgan fingerprint density at radius 3 is 2.07 bits per heavy atom. The van der Waals surface area contributed by atoms with E-state index in [1.165, 1.54) is 27.8 Å². The Kier molecular flexibility index (Phi) is 2.42. The maximum Gasteiger partial charge on any atom is -0.00993 e. The van der Waals surface area contributed by atoms with Gasteiger partial charge in [0.25, 0.3) is 0 Å². The van der Waals surface area contributed by atoms with Gasteiger partial charge in [0.05, 0.1) is 0 Å². The maximum atomic E-state index is 3.88. The highest BCUT2D eigenvalue weighted by Gasteiger charge is 2.21. The molecule has 1 aliphatic carbocycles. The molecule has 0 unspecified atom stereocenters. The van der Waals surface area contributed by atoms with Gasteiger partial charge in [0, 0.05) is 0 Å². The summed E-state index contributed by atoms with van der Waals surface area (Å²) in [5.74, 6) is 0. The van der Waals surface area contributed by atoms with Gasteiger partial charge in [-0.15, -0.1) is 0 Å². The zero-order valence-electron chi connectivity index (χ0n) is 8.96. The third-order valence-electron chi connectivity index (χ3n) is 2.78. The molecule has 1 aromatic carbocycles. The molecule has 0 nitrogen and oxygen atoms in total. The van der Waals surface area contributed by atoms with E-state index in [2.05, 4.69) is 50.4 Å². The van der Waals surface area contributed by atoms with Crippen LogP contribution in [0.5, 0.6) is 0 Å². The molecule has 0 bridgehead atoms. The maximum absolute atomic E-state index is 3.88. The van der Waals surface area contributed by atoms with Crippen LogP contribution < -0.4 is 0 Å². The fourth-order valence-corrected chi connectivity index (χ4v) is 2.14. The van der Waals surface area contributed by atoms with Crippen LogP contribution >= 0.6 is 0 Å². The van der Waals surface area contributed by atoms with Gasteiger partial charge in [-0.25, -0.2) is 0 Å². The van der Waals surface area contributed by atoms with Gasteiger partial charge in [0.2, 0.25) is 0 Å². The predicted molar refractivity (Wildman–Crippen MR) is 67.4 cm³/mol. The topological polar surface area (TPSA) is 0 Å². The van der Waals surface area contributed by atoms with Crippen LogP contribution in [0, 0.1) is 0 Å². The van der Waals surface area contributed by atoms with Crippen molar-refractivity contribution in [1.82, 2.24) is 0 Å². The SMILES string of the molecule is C=CC1=C(C=C)c2ccccc2/C1=C\C. The Morgan fingerprint density at radius 2 is 1.53 bits per heavy atom. The molecular formula is C15H14. The first-order valence-corrected chi connectivity index (χ1v) is 5.09. The van der Waals surface area contributed by atoms with Gasteiger partial charge in [-0.1, -0.05) is 55.7 Å². The van der Waals surface area contributed by atoms with E-state index in [-0.39, 0.29) is 0 Å². The Labute approximate surface area is 91.0 Å². The second-order valence-corrected chi connectivity index (χ2v) is 3.48. The summed E-state index contributed by atoms with van der Waals surface area (Å²) in [6.07, 6.45) is 5.95. The standard InChI is InChI=1S/C15H14/c1-4-11-12(5-2)14-9-7-8-10-15(14)13(11)6-3/h4-10H,1-2H2,3H3/b13-6-. The minimum atomic E-state index is 1.19. The van der Waals surface area contributed by atoms with Crippen molar-refractivity contribution in [2.45, 2.75) is 6.92 Å². The average molecular weight is 194 g/mol. The second kappa shape index (κ2) is 3.74. The Balaban J connectivity index is 2.78.